The molecule has 0 aromatic heterocycles. The molecule has 1 fully saturated rings. The van der Waals surface area contributed by atoms with Gasteiger partial charge in [0, 0.05) is 13.1 Å². The van der Waals surface area contributed by atoms with Crippen molar-refractivity contribution in [3.63, 3.8) is 0 Å². The lowest BCUT2D eigenvalue weighted by atomic mass is 10.1. The first-order valence-electron chi connectivity index (χ1n) is 6.89. The Hall–Kier alpha value is -1.79. The molecular formula is C13H22N2O5. The van der Waals surface area contributed by atoms with Gasteiger partial charge in [0.2, 0.25) is 0 Å². The number of amides is 2. The van der Waals surface area contributed by atoms with Gasteiger partial charge in [-0.2, -0.15) is 0 Å². The second-order valence-corrected chi connectivity index (χ2v) is 5.19. The molecule has 0 bridgehead atoms. The van der Waals surface area contributed by atoms with Crippen molar-refractivity contribution in [2.45, 2.75) is 57.0 Å². The molecule has 0 saturated heterocycles. The summed E-state index contributed by atoms with van der Waals surface area (Å²) in [6, 6.07) is -1.82. The van der Waals surface area contributed by atoms with Crippen LogP contribution in [0.15, 0.2) is 0 Å². The first kappa shape index (κ1) is 16.3. The van der Waals surface area contributed by atoms with Crippen molar-refractivity contribution in [3.8, 4) is 0 Å². The third-order valence-electron chi connectivity index (χ3n) is 3.67. The summed E-state index contributed by atoms with van der Waals surface area (Å²) < 4.78 is 0. The fourth-order valence-corrected chi connectivity index (χ4v) is 2.44. The van der Waals surface area contributed by atoms with Gasteiger partial charge in [-0.05, 0) is 12.8 Å². The Morgan fingerprint density at radius 1 is 1.15 bits per heavy atom. The first-order valence-corrected chi connectivity index (χ1v) is 6.89. The Morgan fingerprint density at radius 3 is 2.15 bits per heavy atom. The van der Waals surface area contributed by atoms with Gasteiger partial charge in [0.1, 0.15) is 6.04 Å². The number of carbonyl (C=O) groups excluding carboxylic acids is 1. The van der Waals surface area contributed by atoms with Crippen molar-refractivity contribution in [2.75, 3.05) is 7.05 Å². The van der Waals surface area contributed by atoms with E-state index in [0.29, 0.717) is 0 Å². The maximum absolute atomic E-state index is 12.0. The lowest BCUT2D eigenvalue weighted by molar-refractivity contribution is -0.145. The number of carbonyl (C=O) groups is 3. The zero-order valence-electron chi connectivity index (χ0n) is 11.7. The van der Waals surface area contributed by atoms with E-state index in [1.165, 1.54) is 4.90 Å². The third kappa shape index (κ3) is 5.07. The number of urea groups is 1. The number of nitrogens with one attached hydrogen (secondary N) is 1. The van der Waals surface area contributed by atoms with Gasteiger partial charge >= 0.3 is 18.0 Å². The predicted octanol–water partition coefficient (Wildman–Crippen LogP) is 1.28. The van der Waals surface area contributed by atoms with E-state index < -0.39 is 30.4 Å². The van der Waals surface area contributed by atoms with E-state index in [-0.39, 0.29) is 6.04 Å². The summed E-state index contributed by atoms with van der Waals surface area (Å²) in [6.07, 6.45) is 5.60. The molecule has 0 aliphatic heterocycles. The monoisotopic (exact) mass is 286 g/mol. The van der Waals surface area contributed by atoms with Gasteiger partial charge < -0.3 is 20.4 Å². The fraction of sp³-hybridized carbons (Fsp3) is 0.769. The number of carboxylic acid groups (broad SMARTS) is 2. The maximum Gasteiger partial charge on any atom is 0.326 e. The quantitative estimate of drug-likeness (QED) is 0.660. The van der Waals surface area contributed by atoms with Crippen molar-refractivity contribution < 1.29 is 24.6 Å². The summed E-state index contributed by atoms with van der Waals surface area (Å²) in [5.74, 6) is -2.59. The van der Waals surface area contributed by atoms with E-state index in [2.05, 4.69) is 5.32 Å². The van der Waals surface area contributed by atoms with Crippen LogP contribution in [0.25, 0.3) is 0 Å². The lowest BCUT2D eigenvalue weighted by Crippen LogP contribution is -2.50. The van der Waals surface area contributed by atoms with Crippen molar-refractivity contribution >= 4 is 18.0 Å². The Bertz CT molecular complexity index is 364. The number of carboxylic acids is 2. The van der Waals surface area contributed by atoms with Crippen LogP contribution in [-0.2, 0) is 9.59 Å². The number of rotatable bonds is 5. The minimum atomic E-state index is -1.40. The van der Waals surface area contributed by atoms with Crippen molar-refractivity contribution in [2.24, 2.45) is 0 Å². The molecule has 7 nitrogen and oxygen atoms in total. The van der Waals surface area contributed by atoms with Crippen LogP contribution in [0.4, 0.5) is 4.79 Å². The molecule has 1 atom stereocenters. The Balaban J connectivity index is 2.57. The maximum atomic E-state index is 12.0. The summed E-state index contributed by atoms with van der Waals surface area (Å²) in [7, 11) is 1.63. The van der Waals surface area contributed by atoms with Crippen LogP contribution in [0, 0.1) is 0 Å². The van der Waals surface area contributed by atoms with Crippen molar-refractivity contribution in [1.82, 2.24) is 10.2 Å². The molecule has 0 heterocycles. The predicted molar refractivity (Wildman–Crippen MR) is 71.5 cm³/mol. The van der Waals surface area contributed by atoms with E-state index in [9.17, 15) is 14.4 Å². The second-order valence-electron chi connectivity index (χ2n) is 5.19. The Kier molecular flexibility index (Phi) is 6.27. The highest BCUT2D eigenvalue weighted by atomic mass is 16.4. The molecule has 3 N–H and O–H groups in total. The molecule has 1 aliphatic carbocycles. The molecule has 1 aliphatic rings. The largest absolute Gasteiger partial charge is 0.481 e. The number of hydrogen-bond donors (Lipinski definition) is 3. The van der Waals surface area contributed by atoms with Crippen LogP contribution >= 0.6 is 0 Å². The van der Waals surface area contributed by atoms with Crippen LogP contribution in [0.5, 0.6) is 0 Å². The molecule has 0 aromatic rings. The first-order chi connectivity index (χ1) is 9.41. The number of aliphatic carboxylic acids is 2. The average molecular weight is 286 g/mol. The van der Waals surface area contributed by atoms with E-state index >= 15 is 0 Å². The topological polar surface area (TPSA) is 107 Å². The van der Waals surface area contributed by atoms with Crippen LogP contribution in [0.2, 0.25) is 0 Å². The minimum Gasteiger partial charge on any atom is -0.481 e. The van der Waals surface area contributed by atoms with Gasteiger partial charge in [0.05, 0.1) is 6.42 Å². The standard InChI is InChI=1S/C13H22N2O5/c1-15(9-6-4-2-3-5-7-9)13(20)14-10(12(18)19)8-11(16)17/h9-10H,2-8H2,1H3,(H,14,20)(H,16,17)(H,18,19)/t10-/m1/s1. The van der Waals surface area contributed by atoms with Crippen LogP contribution < -0.4 is 5.32 Å². The van der Waals surface area contributed by atoms with Crippen LogP contribution in [0.1, 0.15) is 44.9 Å². The molecule has 1 rings (SSSR count). The van der Waals surface area contributed by atoms with Gasteiger partial charge in [-0.3, -0.25) is 4.79 Å². The molecule has 0 radical (unpaired) electrons. The minimum absolute atomic E-state index is 0.0942. The molecule has 1 saturated carbocycles. The van der Waals surface area contributed by atoms with Gasteiger partial charge in [0.15, 0.2) is 0 Å². The molecule has 0 aromatic carbocycles. The summed E-state index contributed by atoms with van der Waals surface area (Å²) in [5, 5.41) is 19.8. The van der Waals surface area contributed by atoms with E-state index in [0.717, 1.165) is 38.5 Å². The van der Waals surface area contributed by atoms with Gasteiger partial charge in [-0.1, -0.05) is 25.7 Å². The van der Waals surface area contributed by atoms with E-state index in [1.54, 1.807) is 7.05 Å². The van der Waals surface area contributed by atoms with Crippen molar-refractivity contribution in [1.29, 1.82) is 0 Å². The van der Waals surface area contributed by atoms with Gasteiger partial charge in [-0.25, -0.2) is 9.59 Å². The zero-order chi connectivity index (χ0) is 15.1. The molecule has 2 amide bonds. The highest BCUT2D eigenvalue weighted by Gasteiger charge is 2.27. The molecule has 114 valence electrons. The summed E-state index contributed by atoms with van der Waals surface area (Å²) in [4.78, 5) is 35.0. The van der Waals surface area contributed by atoms with Gasteiger partial charge in [0.25, 0.3) is 0 Å². The summed E-state index contributed by atoms with van der Waals surface area (Å²) in [5.41, 5.74) is 0. The Labute approximate surface area is 117 Å². The van der Waals surface area contributed by atoms with Crippen molar-refractivity contribution in [3.05, 3.63) is 0 Å². The lowest BCUT2D eigenvalue weighted by Gasteiger charge is -2.28. The Morgan fingerprint density at radius 2 is 1.70 bits per heavy atom. The third-order valence-corrected chi connectivity index (χ3v) is 3.67. The highest BCUT2D eigenvalue weighted by Crippen LogP contribution is 2.21. The fourth-order valence-electron chi connectivity index (χ4n) is 2.44. The van der Waals surface area contributed by atoms with E-state index in [1.807, 2.05) is 0 Å². The zero-order valence-corrected chi connectivity index (χ0v) is 11.7. The molecule has 7 heteroatoms. The molecule has 20 heavy (non-hydrogen) atoms. The summed E-state index contributed by atoms with van der Waals surface area (Å²) in [6.45, 7) is 0. The van der Waals surface area contributed by atoms with E-state index in [4.69, 9.17) is 10.2 Å². The van der Waals surface area contributed by atoms with Gasteiger partial charge in [-0.15, -0.1) is 0 Å². The number of hydrogen-bond acceptors (Lipinski definition) is 3. The second kappa shape index (κ2) is 7.72. The SMILES string of the molecule is CN(C(=O)N[C@H](CC(=O)O)C(=O)O)C1CCCCCC1. The smallest absolute Gasteiger partial charge is 0.326 e. The highest BCUT2D eigenvalue weighted by molar-refractivity contribution is 5.86. The summed E-state index contributed by atoms with van der Waals surface area (Å²) >= 11 is 0. The molecule has 0 unspecified atom stereocenters. The molecule has 0 spiro atoms. The molecular weight excluding hydrogens is 264 g/mol. The van der Waals surface area contributed by atoms with Crippen LogP contribution in [0.3, 0.4) is 0 Å². The number of nitrogens with zero attached hydrogens (tertiary/aromatic N) is 1. The normalized spacial score (nSPS) is 17.9. The van der Waals surface area contributed by atoms with Crippen LogP contribution in [-0.4, -0.2) is 52.2 Å². The average Bonchev–Trinajstić information content (AvgIpc) is 2.65.